The van der Waals surface area contributed by atoms with E-state index in [4.69, 9.17) is 5.73 Å². The van der Waals surface area contributed by atoms with Gasteiger partial charge in [0, 0.05) is 17.1 Å². The lowest BCUT2D eigenvalue weighted by Crippen LogP contribution is -1.99. The Labute approximate surface area is 120 Å². The molecule has 0 spiro atoms. The molecule has 21 heavy (non-hydrogen) atoms. The van der Waals surface area contributed by atoms with Gasteiger partial charge < -0.3 is 15.8 Å². The number of aromatic amines is 1. The standard InChI is InChI=1S/C16H13N3O2/c17-14-7-6-12-11(9-18-15(12)19-14)8-13(16(20)21)10-4-2-1-3-5-10/h1-9H,(H,20,21)(H3,17,18,19). The minimum absolute atomic E-state index is 0.230. The van der Waals surface area contributed by atoms with Crippen LogP contribution in [0.4, 0.5) is 5.82 Å². The number of aromatic nitrogens is 2. The molecule has 3 aromatic rings. The summed E-state index contributed by atoms with van der Waals surface area (Å²) < 4.78 is 0. The van der Waals surface area contributed by atoms with Crippen LogP contribution >= 0.6 is 0 Å². The van der Waals surface area contributed by atoms with Crippen LogP contribution in [0.25, 0.3) is 22.7 Å². The molecular weight excluding hydrogens is 266 g/mol. The second-order valence-electron chi connectivity index (χ2n) is 4.61. The van der Waals surface area contributed by atoms with Crippen molar-refractivity contribution >= 4 is 34.5 Å². The highest BCUT2D eigenvalue weighted by molar-refractivity contribution is 6.21. The highest BCUT2D eigenvalue weighted by Crippen LogP contribution is 2.24. The fourth-order valence-electron chi connectivity index (χ4n) is 2.20. The third-order valence-electron chi connectivity index (χ3n) is 3.21. The van der Waals surface area contributed by atoms with Crippen LogP contribution in [0.5, 0.6) is 0 Å². The van der Waals surface area contributed by atoms with Crippen molar-refractivity contribution in [2.45, 2.75) is 0 Å². The summed E-state index contributed by atoms with van der Waals surface area (Å²) in [5.74, 6) is -0.555. The van der Waals surface area contributed by atoms with Crippen molar-refractivity contribution in [3.8, 4) is 0 Å². The molecule has 1 aromatic carbocycles. The minimum Gasteiger partial charge on any atom is -0.478 e. The molecule has 0 saturated heterocycles. The lowest BCUT2D eigenvalue weighted by Gasteiger charge is -2.02. The molecular formula is C16H13N3O2. The molecule has 4 N–H and O–H groups in total. The number of H-pyrrole nitrogens is 1. The van der Waals surface area contributed by atoms with Crippen molar-refractivity contribution in [1.82, 2.24) is 9.97 Å². The molecule has 104 valence electrons. The Balaban J connectivity index is 2.14. The predicted octanol–water partition coefficient (Wildman–Crippen LogP) is 2.77. The first-order valence-electron chi connectivity index (χ1n) is 6.39. The van der Waals surface area contributed by atoms with Gasteiger partial charge in [-0.2, -0.15) is 0 Å². The van der Waals surface area contributed by atoms with Gasteiger partial charge in [-0.25, -0.2) is 9.78 Å². The largest absolute Gasteiger partial charge is 0.478 e. The fraction of sp³-hybridized carbons (Fsp3) is 0. The zero-order chi connectivity index (χ0) is 14.8. The highest BCUT2D eigenvalue weighted by Gasteiger charge is 2.12. The second-order valence-corrected chi connectivity index (χ2v) is 4.61. The Hall–Kier alpha value is -3.08. The maximum Gasteiger partial charge on any atom is 0.336 e. The molecule has 2 heterocycles. The maximum atomic E-state index is 11.5. The molecule has 2 aromatic heterocycles. The van der Waals surface area contributed by atoms with Gasteiger partial charge in [-0.3, -0.25) is 0 Å². The zero-order valence-corrected chi connectivity index (χ0v) is 11.1. The van der Waals surface area contributed by atoms with E-state index < -0.39 is 5.97 Å². The van der Waals surface area contributed by atoms with Gasteiger partial charge in [0.15, 0.2) is 0 Å². The van der Waals surface area contributed by atoms with Gasteiger partial charge in [-0.1, -0.05) is 30.3 Å². The Morgan fingerprint density at radius 2 is 1.95 bits per heavy atom. The highest BCUT2D eigenvalue weighted by atomic mass is 16.4. The van der Waals surface area contributed by atoms with E-state index in [9.17, 15) is 9.90 Å². The molecule has 0 fully saturated rings. The maximum absolute atomic E-state index is 11.5. The van der Waals surface area contributed by atoms with Crippen molar-refractivity contribution in [3.63, 3.8) is 0 Å². The third-order valence-corrected chi connectivity index (χ3v) is 3.21. The van der Waals surface area contributed by atoms with Crippen LogP contribution in [0.1, 0.15) is 11.1 Å². The zero-order valence-electron chi connectivity index (χ0n) is 11.1. The van der Waals surface area contributed by atoms with E-state index in [-0.39, 0.29) is 5.57 Å². The molecule has 0 aliphatic carbocycles. The molecule has 0 atom stereocenters. The van der Waals surface area contributed by atoms with Crippen LogP contribution in [-0.2, 0) is 4.79 Å². The van der Waals surface area contributed by atoms with E-state index >= 15 is 0 Å². The first-order valence-corrected chi connectivity index (χ1v) is 6.39. The van der Waals surface area contributed by atoms with Gasteiger partial charge in [0.05, 0.1) is 5.57 Å². The van der Waals surface area contributed by atoms with Crippen LogP contribution in [0, 0.1) is 0 Å². The molecule has 3 rings (SSSR count). The molecule has 5 heteroatoms. The number of pyridine rings is 1. The van der Waals surface area contributed by atoms with E-state index in [1.807, 2.05) is 24.3 Å². The SMILES string of the molecule is Nc1ccc2c(C=C(C(=O)O)c3ccccc3)c[nH]c2n1. The second kappa shape index (κ2) is 5.13. The van der Waals surface area contributed by atoms with E-state index in [0.29, 0.717) is 17.0 Å². The van der Waals surface area contributed by atoms with Crippen molar-refractivity contribution in [2.24, 2.45) is 0 Å². The number of rotatable bonds is 3. The monoisotopic (exact) mass is 279 g/mol. The summed E-state index contributed by atoms with van der Waals surface area (Å²) in [6.45, 7) is 0. The lowest BCUT2D eigenvalue weighted by molar-refractivity contribution is -0.130. The summed E-state index contributed by atoms with van der Waals surface area (Å²) in [5, 5.41) is 10.3. The first-order chi connectivity index (χ1) is 10.1. The van der Waals surface area contributed by atoms with Gasteiger partial charge in [0.1, 0.15) is 11.5 Å². The minimum atomic E-state index is -0.973. The van der Waals surface area contributed by atoms with Gasteiger partial charge in [0.25, 0.3) is 0 Å². The summed E-state index contributed by atoms with van der Waals surface area (Å²) in [4.78, 5) is 18.7. The molecule has 5 nitrogen and oxygen atoms in total. The van der Waals surface area contributed by atoms with Crippen LogP contribution in [-0.4, -0.2) is 21.0 Å². The summed E-state index contributed by atoms with van der Waals surface area (Å²) in [7, 11) is 0. The number of nitrogens with one attached hydrogen (secondary N) is 1. The Bertz CT molecular complexity index is 835. The number of benzene rings is 1. The number of hydrogen-bond acceptors (Lipinski definition) is 3. The van der Waals surface area contributed by atoms with Crippen LogP contribution in [0.15, 0.2) is 48.7 Å². The smallest absolute Gasteiger partial charge is 0.336 e. The van der Waals surface area contributed by atoms with E-state index in [1.54, 1.807) is 30.5 Å². The first kappa shape index (κ1) is 12.9. The summed E-state index contributed by atoms with van der Waals surface area (Å²) in [6, 6.07) is 12.5. The van der Waals surface area contributed by atoms with Crippen molar-refractivity contribution < 1.29 is 9.90 Å². The van der Waals surface area contributed by atoms with E-state index in [2.05, 4.69) is 9.97 Å². The normalized spacial score (nSPS) is 11.7. The fourth-order valence-corrected chi connectivity index (χ4v) is 2.20. The number of nitrogens with zero attached hydrogens (tertiary/aromatic N) is 1. The summed E-state index contributed by atoms with van der Waals surface area (Å²) >= 11 is 0. The molecule has 0 radical (unpaired) electrons. The number of anilines is 1. The molecule has 0 aliphatic rings. The van der Waals surface area contributed by atoms with Crippen molar-refractivity contribution in [3.05, 3.63) is 59.8 Å². The Morgan fingerprint density at radius 3 is 2.67 bits per heavy atom. The number of nitrogen functional groups attached to an aromatic ring is 1. The average Bonchev–Trinajstić information content (AvgIpc) is 2.87. The summed E-state index contributed by atoms with van der Waals surface area (Å²) in [5.41, 5.74) is 7.92. The number of carboxylic acids is 1. The number of carbonyl (C=O) groups is 1. The number of aliphatic carboxylic acids is 1. The average molecular weight is 279 g/mol. The van der Waals surface area contributed by atoms with Crippen molar-refractivity contribution in [2.75, 3.05) is 5.73 Å². The topological polar surface area (TPSA) is 92.0 Å². The molecule has 0 saturated carbocycles. The van der Waals surface area contributed by atoms with E-state index in [1.165, 1.54) is 0 Å². The number of hydrogen-bond donors (Lipinski definition) is 3. The summed E-state index contributed by atoms with van der Waals surface area (Å²) in [6.07, 6.45) is 3.36. The molecule has 0 unspecified atom stereocenters. The number of nitrogens with two attached hydrogens (primary N) is 1. The van der Waals surface area contributed by atoms with Gasteiger partial charge in [-0.15, -0.1) is 0 Å². The van der Waals surface area contributed by atoms with Gasteiger partial charge in [-0.05, 0) is 23.8 Å². The Kier molecular flexibility index (Phi) is 3.16. The van der Waals surface area contributed by atoms with Crippen LogP contribution in [0.2, 0.25) is 0 Å². The molecule has 0 amide bonds. The number of carboxylic acid groups (broad SMARTS) is 1. The van der Waals surface area contributed by atoms with Crippen LogP contribution < -0.4 is 5.73 Å². The van der Waals surface area contributed by atoms with Crippen molar-refractivity contribution in [1.29, 1.82) is 0 Å². The quantitative estimate of drug-likeness (QED) is 0.643. The molecule has 0 bridgehead atoms. The lowest BCUT2D eigenvalue weighted by atomic mass is 10.0. The molecule has 0 aliphatic heterocycles. The number of fused-ring (bicyclic) bond motifs is 1. The third kappa shape index (κ3) is 2.49. The van der Waals surface area contributed by atoms with Gasteiger partial charge in [0.2, 0.25) is 0 Å². The van der Waals surface area contributed by atoms with Crippen LogP contribution in [0.3, 0.4) is 0 Å². The van der Waals surface area contributed by atoms with E-state index in [0.717, 1.165) is 10.9 Å². The van der Waals surface area contributed by atoms with Gasteiger partial charge >= 0.3 is 5.97 Å². The predicted molar refractivity (Wildman–Crippen MR) is 82.5 cm³/mol. The Morgan fingerprint density at radius 1 is 1.19 bits per heavy atom.